The Morgan fingerprint density at radius 2 is 2.10 bits per heavy atom. The summed E-state index contributed by atoms with van der Waals surface area (Å²) >= 11 is 1.49. The fraction of sp³-hybridized carbons (Fsp3) is 0.417. The standard InChI is InChI=1S/C24H29N3O3S/c1-5-27-18-10-8-15(30-6-2)12-17(18)14(4)21(27)23(29)26-24-20(22(25)28)16-9-7-13(3)11-19(16)31-24/h8,10,12-13H,5-7,9,11H2,1-4H3,(H2,25,28)(H,26,29). The van der Waals surface area contributed by atoms with E-state index in [4.69, 9.17) is 10.5 Å². The van der Waals surface area contributed by atoms with Gasteiger partial charge < -0.3 is 20.4 Å². The number of rotatable bonds is 6. The van der Waals surface area contributed by atoms with Gasteiger partial charge in [0, 0.05) is 22.3 Å². The largest absolute Gasteiger partial charge is 0.494 e. The molecule has 4 rings (SSSR count). The first-order valence-corrected chi connectivity index (χ1v) is 11.7. The number of carbonyl (C=O) groups excluding carboxylic acids is 2. The fourth-order valence-corrected chi connectivity index (χ4v) is 6.05. The van der Waals surface area contributed by atoms with E-state index < -0.39 is 5.91 Å². The molecule has 31 heavy (non-hydrogen) atoms. The van der Waals surface area contributed by atoms with Gasteiger partial charge in [-0.15, -0.1) is 11.3 Å². The average Bonchev–Trinajstić information content (AvgIpc) is 3.22. The minimum atomic E-state index is -0.475. The highest BCUT2D eigenvalue weighted by atomic mass is 32.1. The molecule has 0 radical (unpaired) electrons. The van der Waals surface area contributed by atoms with Crippen LogP contribution in [-0.4, -0.2) is 23.0 Å². The zero-order valence-corrected chi connectivity index (χ0v) is 19.3. The smallest absolute Gasteiger partial charge is 0.273 e. The third-order valence-corrected chi connectivity index (χ3v) is 7.29. The van der Waals surface area contributed by atoms with Gasteiger partial charge >= 0.3 is 0 Å². The zero-order chi connectivity index (χ0) is 22.3. The molecule has 2 amide bonds. The van der Waals surface area contributed by atoms with E-state index >= 15 is 0 Å². The van der Waals surface area contributed by atoms with Crippen LogP contribution >= 0.6 is 11.3 Å². The molecule has 3 aromatic rings. The summed E-state index contributed by atoms with van der Waals surface area (Å²) in [4.78, 5) is 26.8. The van der Waals surface area contributed by atoms with Gasteiger partial charge in [-0.05, 0) is 75.3 Å². The first-order valence-electron chi connectivity index (χ1n) is 10.9. The molecule has 0 spiro atoms. The Morgan fingerprint density at radius 3 is 2.77 bits per heavy atom. The molecule has 6 nitrogen and oxygen atoms in total. The van der Waals surface area contributed by atoms with Crippen LogP contribution in [0.1, 0.15) is 64.0 Å². The van der Waals surface area contributed by atoms with E-state index in [0.29, 0.717) is 35.3 Å². The summed E-state index contributed by atoms with van der Waals surface area (Å²) in [6.07, 6.45) is 2.78. The van der Waals surface area contributed by atoms with Gasteiger partial charge in [-0.25, -0.2) is 0 Å². The molecule has 0 aliphatic heterocycles. The first kappa shape index (κ1) is 21.4. The van der Waals surface area contributed by atoms with Gasteiger partial charge in [-0.2, -0.15) is 0 Å². The van der Waals surface area contributed by atoms with E-state index in [-0.39, 0.29) is 5.91 Å². The molecule has 164 valence electrons. The molecule has 0 bridgehead atoms. The average molecular weight is 440 g/mol. The predicted molar refractivity (Wildman–Crippen MR) is 125 cm³/mol. The summed E-state index contributed by atoms with van der Waals surface area (Å²) in [7, 11) is 0. The van der Waals surface area contributed by atoms with Gasteiger partial charge in [0.25, 0.3) is 11.8 Å². The van der Waals surface area contributed by atoms with Crippen molar-refractivity contribution in [3.05, 3.63) is 45.5 Å². The third-order valence-electron chi connectivity index (χ3n) is 6.12. The molecule has 0 fully saturated rings. The van der Waals surface area contributed by atoms with Crippen molar-refractivity contribution in [1.29, 1.82) is 0 Å². The SMILES string of the molecule is CCOc1ccc2c(c1)c(C)c(C(=O)Nc1sc3c(c1C(N)=O)CCC(C)C3)n2CC. The van der Waals surface area contributed by atoms with E-state index in [1.165, 1.54) is 11.3 Å². The van der Waals surface area contributed by atoms with Gasteiger partial charge in [-0.1, -0.05) is 6.92 Å². The Morgan fingerprint density at radius 1 is 1.32 bits per heavy atom. The van der Waals surface area contributed by atoms with E-state index in [1.807, 2.05) is 43.5 Å². The van der Waals surface area contributed by atoms with Crippen molar-refractivity contribution >= 4 is 39.1 Å². The maximum Gasteiger partial charge on any atom is 0.273 e. The molecule has 3 N–H and O–H groups in total. The Kier molecular flexibility index (Phi) is 5.79. The number of nitrogens with two attached hydrogens (primary N) is 1. The van der Waals surface area contributed by atoms with Crippen molar-refractivity contribution in [2.75, 3.05) is 11.9 Å². The van der Waals surface area contributed by atoms with Crippen LogP contribution in [0, 0.1) is 12.8 Å². The highest BCUT2D eigenvalue weighted by molar-refractivity contribution is 7.17. The lowest BCUT2D eigenvalue weighted by molar-refractivity contribution is 0.1000. The van der Waals surface area contributed by atoms with Crippen molar-refractivity contribution in [3.8, 4) is 5.75 Å². The summed E-state index contributed by atoms with van der Waals surface area (Å²) in [5.74, 6) is 0.660. The molecule has 0 saturated carbocycles. The number of hydrogen-bond acceptors (Lipinski definition) is 4. The number of hydrogen-bond donors (Lipinski definition) is 2. The molecule has 2 aromatic heterocycles. The number of amides is 2. The van der Waals surface area contributed by atoms with Gasteiger partial charge in [0.2, 0.25) is 0 Å². The van der Waals surface area contributed by atoms with E-state index in [9.17, 15) is 9.59 Å². The van der Waals surface area contributed by atoms with Gasteiger partial charge in [0.05, 0.1) is 12.2 Å². The Labute approximate surface area is 186 Å². The van der Waals surface area contributed by atoms with Gasteiger partial charge in [0.15, 0.2) is 0 Å². The highest BCUT2D eigenvalue weighted by Crippen LogP contribution is 2.40. The van der Waals surface area contributed by atoms with E-state index in [0.717, 1.165) is 51.9 Å². The third kappa shape index (κ3) is 3.71. The number of anilines is 1. The van der Waals surface area contributed by atoms with Crippen LogP contribution in [0.15, 0.2) is 18.2 Å². The summed E-state index contributed by atoms with van der Waals surface area (Å²) in [5.41, 5.74) is 9.70. The fourth-order valence-electron chi connectivity index (χ4n) is 4.64. The summed E-state index contributed by atoms with van der Waals surface area (Å²) < 4.78 is 7.65. The maximum absolute atomic E-state index is 13.4. The number of fused-ring (bicyclic) bond motifs is 2. The van der Waals surface area contributed by atoms with Gasteiger partial charge in [-0.3, -0.25) is 9.59 Å². The lowest BCUT2D eigenvalue weighted by atomic mass is 9.88. The quantitative estimate of drug-likeness (QED) is 0.572. The molecule has 1 atom stereocenters. The maximum atomic E-state index is 13.4. The summed E-state index contributed by atoms with van der Waals surface area (Å²) in [6, 6.07) is 5.91. The van der Waals surface area contributed by atoms with E-state index in [1.54, 1.807) is 0 Å². The Bertz CT molecular complexity index is 1170. The second-order valence-electron chi connectivity index (χ2n) is 8.20. The van der Waals surface area contributed by atoms with Crippen LogP contribution in [0.2, 0.25) is 0 Å². The minimum Gasteiger partial charge on any atom is -0.494 e. The summed E-state index contributed by atoms with van der Waals surface area (Å²) in [5, 5.41) is 4.58. The molecule has 1 aliphatic rings. The number of primary amides is 1. The molecule has 1 aromatic carbocycles. The molecule has 1 unspecified atom stereocenters. The van der Waals surface area contributed by atoms with Crippen LogP contribution in [0.3, 0.4) is 0 Å². The highest BCUT2D eigenvalue weighted by Gasteiger charge is 2.28. The van der Waals surface area contributed by atoms with Crippen molar-refractivity contribution < 1.29 is 14.3 Å². The van der Waals surface area contributed by atoms with Crippen LogP contribution in [0.4, 0.5) is 5.00 Å². The second-order valence-corrected chi connectivity index (χ2v) is 9.31. The zero-order valence-electron chi connectivity index (χ0n) is 18.5. The second kappa shape index (κ2) is 8.38. The molecular formula is C24H29N3O3S. The van der Waals surface area contributed by atoms with Crippen LogP contribution in [-0.2, 0) is 19.4 Å². The van der Waals surface area contributed by atoms with Crippen molar-refractivity contribution in [2.45, 2.75) is 53.5 Å². The van der Waals surface area contributed by atoms with Crippen LogP contribution < -0.4 is 15.8 Å². The molecule has 1 aliphatic carbocycles. The number of carbonyl (C=O) groups is 2. The van der Waals surface area contributed by atoms with E-state index in [2.05, 4.69) is 12.2 Å². The lowest BCUT2D eigenvalue weighted by Crippen LogP contribution is -2.21. The Balaban J connectivity index is 1.76. The summed E-state index contributed by atoms with van der Waals surface area (Å²) in [6.45, 7) is 9.38. The molecule has 0 saturated heterocycles. The lowest BCUT2D eigenvalue weighted by Gasteiger charge is -2.18. The number of aryl methyl sites for hydroxylation is 2. The molecule has 2 heterocycles. The van der Waals surface area contributed by atoms with Gasteiger partial charge in [0.1, 0.15) is 16.4 Å². The van der Waals surface area contributed by atoms with Crippen molar-refractivity contribution in [2.24, 2.45) is 11.7 Å². The molecule has 7 heteroatoms. The van der Waals surface area contributed by atoms with Crippen molar-refractivity contribution in [1.82, 2.24) is 4.57 Å². The van der Waals surface area contributed by atoms with Crippen LogP contribution in [0.25, 0.3) is 10.9 Å². The number of ether oxygens (including phenoxy) is 1. The van der Waals surface area contributed by atoms with Crippen LogP contribution in [0.5, 0.6) is 5.75 Å². The Hall–Kier alpha value is -2.80. The molecular weight excluding hydrogens is 410 g/mol. The number of nitrogens with zero attached hydrogens (tertiary/aromatic N) is 1. The minimum absolute atomic E-state index is 0.220. The number of nitrogens with one attached hydrogen (secondary N) is 1. The van der Waals surface area contributed by atoms with Crippen molar-refractivity contribution in [3.63, 3.8) is 0 Å². The number of thiophene rings is 1. The topological polar surface area (TPSA) is 86.3 Å². The number of benzene rings is 1. The first-order chi connectivity index (χ1) is 14.8. The monoisotopic (exact) mass is 439 g/mol. The predicted octanol–water partition coefficient (Wildman–Crippen LogP) is 4.91. The normalized spacial score (nSPS) is 15.7. The number of aromatic nitrogens is 1.